The Hall–Kier alpha value is -2.52. The molecule has 0 bridgehead atoms. The average molecular weight is 326 g/mol. The van der Waals surface area contributed by atoms with E-state index in [9.17, 15) is 22.9 Å². The molecule has 0 aromatic heterocycles. The van der Waals surface area contributed by atoms with Crippen molar-refractivity contribution < 1.29 is 22.5 Å². The van der Waals surface area contributed by atoms with Gasteiger partial charge in [0.2, 0.25) is 10.0 Å². The van der Waals surface area contributed by atoms with Crippen molar-refractivity contribution in [2.45, 2.75) is 11.5 Å². The molecule has 0 aliphatic heterocycles. The SMILES string of the molecule is NS(=O)(=O)c1ccc(OCc2ccccc2F)c([N+](=O)[O-])c1. The van der Waals surface area contributed by atoms with E-state index < -0.39 is 31.3 Å². The van der Waals surface area contributed by atoms with Crippen LogP contribution in [0.15, 0.2) is 47.4 Å². The number of nitrogens with zero attached hydrogens (tertiary/aromatic N) is 1. The van der Waals surface area contributed by atoms with Gasteiger partial charge >= 0.3 is 5.69 Å². The van der Waals surface area contributed by atoms with E-state index in [2.05, 4.69) is 0 Å². The van der Waals surface area contributed by atoms with E-state index in [1.807, 2.05) is 0 Å². The Morgan fingerprint density at radius 2 is 1.91 bits per heavy atom. The molecule has 7 nitrogen and oxygen atoms in total. The molecule has 22 heavy (non-hydrogen) atoms. The zero-order chi connectivity index (χ0) is 16.3. The molecule has 0 fully saturated rings. The summed E-state index contributed by atoms with van der Waals surface area (Å²) in [4.78, 5) is 9.79. The normalized spacial score (nSPS) is 11.2. The summed E-state index contributed by atoms with van der Waals surface area (Å²) in [5, 5.41) is 15.9. The third kappa shape index (κ3) is 3.57. The lowest BCUT2D eigenvalue weighted by atomic mass is 10.2. The topological polar surface area (TPSA) is 113 Å². The van der Waals surface area contributed by atoms with Gasteiger partial charge in [0.25, 0.3) is 0 Å². The maximum Gasteiger partial charge on any atom is 0.312 e. The van der Waals surface area contributed by atoms with Crippen LogP contribution in [0.2, 0.25) is 0 Å². The Bertz CT molecular complexity index is 823. The van der Waals surface area contributed by atoms with Crippen molar-refractivity contribution in [3.63, 3.8) is 0 Å². The molecule has 0 aliphatic carbocycles. The second-order valence-corrected chi connectivity index (χ2v) is 5.87. The first-order valence-corrected chi connectivity index (χ1v) is 7.51. The Morgan fingerprint density at radius 1 is 1.23 bits per heavy atom. The van der Waals surface area contributed by atoms with E-state index in [0.29, 0.717) is 0 Å². The fourth-order valence-corrected chi connectivity index (χ4v) is 2.24. The molecule has 116 valence electrons. The molecule has 2 aromatic carbocycles. The second kappa shape index (κ2) is 6.08. The highest BCUT2D eigenvalue weighted by Crippen LogP contribution is 2.30. The first-order valence-electron chi connectivity index (χ1n) is 5.96. The number of rotatable bonds is 5. The van der Waals surface area contributed by atoms with Gasteiger partial charge in [0.05, 0.1) is 9.82 Å². The van der Waals surface area contributed by atoms with Crippen LogP contribution < -0.4 is 9.88 Å². The van der Waals surface area contributed by atoms with Gasteiger partial charge in [-0.2, -0.15) is 0 Å². The minimum absolute atomic E-state index is 0.180. The second-order valence-electron chi connectivity index (χ2n) is 4.31. The lowest BCUT2D eigenvalue weighted by Gasteiger charge is -2.08. The van der Waals surface area contributed by atoms with Gasteiger partial charge < -0.3 is 4.74 Å². The number of hydrogen-bond acceptors (Lipinski definition) is 5. The van der Waals surface area contributed by atoms with E-state index in [1.165, 1.54) is 18.2 Å². The van der Waals surface area contributed by atoms with Gasteiger partial charge in [-0.05, 0) is 18.2 Å². The smallest absolute Gasteiger partial charge is 0.312 e. The van der Waals surface area contributed by atoms with Gasteiger partial charge in [0.15, 0.2) is 5.75 Å². The number of sulfonamides is 1. The first-order chi connectivity index (χ1) is 10.3. The van der Waals surface area contributed by atoms with Gasteiger partial charge in [0, 0.05) is 11.6 Å². The molecule has 0 saturated carbocycles. The van der Waals surface area contributed by atoms with Crippen molar-refractivity contribution in [1.29, 1.82) is 0 Å². The molecule has 2 aromatic rings. The Labute approximate surface area is 125 Å². The molecule has 0 radical (unpaired) electrons. The summed E-state index contributed by atoms with van der Waals surface area (Å²) in [6.45, 7) is -0.234. The Balaban J connectivity index is 2.31. The number of halogens is 1. The standard InChI is InChI=1S/C13H11FN2O5S/c14-11-4-2-1-3-9(11)8-21-13-6-5-10(22(15,19)20)7-12(13)16(17)18/h1-7H,8H2,(H2,15,19,20). The highest BCUT2D eigenvalue weighted by Gasteiger charge is 2.20. The average Bonchev–Trinajstić information content (AvgIpc) is 2.45. The summed E-state index contributed by atoms with van der Waals surface area (Å²) < 4.78 is 41.1. The predicted octanol–water partition coefficient (Wildman–Crippen LogP) is 1.96. The molecule has 0 amide bonds. The van der Waals surface area contributed by atoms with Crippen LogP contribution in [0, 0.1) is 15.9 Å². The fraction of sp³-hybridized carbons (Fsp3) is 0.0769. The molecule has 9 heteroatoms. The van der Waals surface area contributed by atoms with Crippen LogP contribution in [-0.2, 0) is 16.6 Å². The number of nitrogens with two attached hydrogens (primary N) is 1. The van der Waals surface area contributed by atoms with Gasteiger partial charge in [-0.25, -0.2) is 17.9 Å². The van der Waals surface area contributed by atoms with Crippen LogP contribution in [0.25, 0.3) is 0 Å². The Morgan fingerprint density at radius 3 is 2.50 bits per heavy atom. The molecule has 2 N–H and O–H groups in total. The van der Waals surface area contributed by atoms with Crippen LogP contribution in [-0.4, -0.2) is 13.3 Å². The molecule has 0 aliphatic rings. The molecule has 0 heterocycles. The number of benzene rings is 2. The summed E-state index contributed by atoms with van der Waals surface area (Å²) in [6.07, 6.45) is 0. The van der Waals surface area contributed by atoms with Crippen molar-refractivity contribution in [2.75, 3.05) is 0 Å². The Kier molecular flexibility index (Phi) is 4.38. The van der Waals surface area contributed by atoms with E-state index in [1.54, 1.807) is 6.07 Å². The maximum absolute atomic E-state index is 13.5. The molecule has 0 spiro atoms. The lowest BCUT2D eigenvalue weighted by Crippen LogP contribution is -2.12. The summed E-state index contributed by atoms with van der Waals surface area (Å²) in [5.41, 5.74) is -0.352. The lowest BCUT2D eigenvalue weighted by molar-refractivity contribution is -0.386. The van der Waals surface area contributed by atoms with Crippen LogP contribution >= 0.6 is 0 Å². The summed E-state index contributed by atoms with van der Waals surface area (Å²) in [5.74, 6) is -0.688. The monoisotopic (exact) mass is 326 g/mol. The maximum atomic E-state index is 13.5. The van der Waals surface area contributed by atoms with Crippen LogP contribution in [0.1, 0.15) is 5.56 Å². The van der Waals surface area contributed by atoms with E-state index in [-0.39, 0.29) is 17.9 Å². The molecular formula is C13H11FN2O5S. The molecular weight excluding hydrogens is 315 g/mol. The van der Waals surface area contributed by atoms with Crippen molar-refractivity contribution >= 4 is 15.7 Å². The summed E-state index contributed by atoms with van der Waals surface area (Å²) >= 11 is 0. The molecule has 0 atom stereocenters. The van der Waals surface area contributed by atoms with Gasteiger partial charge in [-0.1, -0.05) is 18.2 Å². The zero-order valence-electron chi connectivity index (χ0n) is 11.1. The third-order valence-corrected chi connectivity index (χ3v) is 3.71. The predicted molar refractivity (Wildman–Crippen MR) is 75.2 cm³/mol. The third-order valence-electron chi connectivity index (χ3n) is 2.80. The minimum atomic E-state index is -4.07. The quantitative estimate of drug-likeness (QED) is 0.666. The van der Waals surface area contributed by atoms with Gasteiger partial charge in [0.1, 0.15) is 12.4 Å². The fourth-order valence-electron chi connectivity index (χ4n) is 1.71. The highest BCUT2D eigenvalue weighted by atomic mass is 32.2. The molecule has 0 saturated heterocycles. The van der Waals surface area contributed by atoms with E-state index in [4.69, 9.17) is 9.88 Å². The minimum Gasteiger partial charge on any atom is -0.482 e. The van der Waals surface area contributed by atoms with E-state index >= 15 is 0 Å². The van der Waals surface area contributed by atoms with E-state index in [0.717, 1.165) is 18.2 Å². The number of nitro groups is 1. The van der Waals surface area contributed by atoms with Crippen LogP contribution in [0.5, 0.6) is 5.75 Å². The zero-order valence-corrected chi connectivity index (χ0v) is 11.9. The summed E-state index contributed by atoms with van der Waals surface area (Å²) in [7, 11) is -4.07. The number of hydrogen-bond donors (Lipinski definition) is 1. The highest BCUT2D eigenvalue weighted by molar-refractivity contribution is 7.89. The van der Waals surface area contributed by atoms with Gasteiger partial charge in [-0.15, -0.1) is 0 Å². The van der Waals surface area contributed by atoms with Crippen molar-refractivity contribution in [1.82, 2.24) is 0 Å². The largest absolute Gasteiger partial charge is 0.482 e. The van der Waals surface area contributed by atoms with Crippen molar-refractivity contribution in [3.8, 4) is 5.75 Å². The number of ether oxygens (including phenoxy) is 1. The van der Waals surface area contributed by atoms with Crippen molar-refractivity contribution in [2.24, 2.45) is 5.14 Å². The number of nitro benzene ring substituents is 1. The molecule has 2 rings (SSSR count). The van der Waals surface area contributed by atoms with Crippen LogP contribution in [0.3, 0.4) is 0 Å². The van der Waals surface area contributed by atoms with Crippen LogP contribution in [0.4, 0.5) is 10.1 Å². The van der Waals surface area contributed by atoms with Gasteiger partial charge in [-0.3, -0.25) is 10.1 Å². The first kappa shape index (κ1) is 15.9. The number of primary sulfonamides is 1. The summed E-state index contributed by atoms with van der Waals surface area (Å²) in [6, 6.07) is 8.79. The molecule has 0 unspecified atom stereocenters. The van der Waals surface area contributed by atoms with Crippen molar-refractivity contribution in [3.05, 3.63) is 64.0 Å².